The van der Waals surface area contributed by atoms with Crippen molar-refractivity contribution in [2.45, 2.75) is 26.4 Å². The van der Waals surface area contributed by atoms with Crippen LogP contribution in [0.2, 0.25) is 0 Å². The summed E-state index contributed by atoms with van der Waals surface area (Å²) in [4.78, 5) is 25.3. The van der Waals surface area contributed by atoms with Crippen LogP contribution in [0.1, 0.15) is 18.1 Å². The topological polar surface area (TPSA) is 89.7 Å². The Bertz CT molecular complexity index is 1310. The number of nitrogens with zero attached hydrogens (tertiary/aromatic N) is 5. The van der Waals surface area contributed by atoms with Crippen molar-refractivity contribution in [2.24, 2.45) is 0 Å². The third kappa shape index (κ3) is 3.13. The van der Waals surface area contributed by atoms with Crippen LogP contribution in [0.15, 0.2) is 47.5 Å². The van der Waals surface area contributed by atoms with Gasteiger partial charge in [-0.2, -0.15) is 9.37 Å². The standard InChI is InChI=1S/C21H20FN7O/c1-2-28-20(30)17-12-25-21(26-15-4-3-14-11-23-7-5-13(14)9-15)27-19(17)29(28)16-6-8-24-18(22)10-16/h3-4,6,8-10,12,23H,2,5,7,11H2,1H3,(H,25,26,27). The second-order valence-electron chi connectivity index (χ2n) is 7.14. The highest BCUT2D eigenvalue weighted by atomic mass is 19.1. The van der Waals surface area contributed by atoms with Crippen LogP contribution < -0.4 is 16.2 Å². The minimum atomic E-state index is -0.625. The van der Waals surface area contributed by atoms with Gasteiger partial charge in [0.1, 0.15) is 5.39 Å². The molecule has 0 fully saturated rings. The molecule has 1 aromatic carbocycles. The number of rotatable bonds is 4. The number of aromatic nitrogens is 5. The third-order valence-electron chi connectivity index (χ3n) is 5.28. The summed E-state index contributed by atoms with van der Waals surface area (Å²) in [6.45, 7) is 4.08. The predicted octanol–water partition coefficient (Wildman–Crippen LogP) is 2.53. The molecule has 0 saturated heterocycles. The minimum absolute atomic E-state index is 0.224. The first-order valence-electron chi connectivity index (χ1n) is 9.84. The molecule has 0 unspecified atom stereocenters. The first-order chi connectivity index (χ1) is 14.6. The zero-order valence-electron chi connectivity index (χ0n) is 16.4. The first-order valence-corrected chi connectivity index (χ1v) is 9.84. The molecule has 5 rings (SSSR count). The highest BCUT2D eigenvalue weighted by molar-refractivity contribution is 5.77. The highest BCUT2D eigenvalue weighted by Gasteiger charge is 2.17. The normalized spacial score (nSPS) is 13.4. The Morgan fingerprint density at radius 2 is 2.10 bits per heavy atom. The fourth-order valence-corrected chi connectivity index (χ4v) is 3.84. The second-order valence-corrected chi connectivity index (χ2v) is 7.14. The molecule has 9 heteroatoms. The summed E-state index contributed by atoms with van der Waals surface area (Å²) < 4.78 is 16.8. The van der Waals surface area contributed by atoms with Crippen molar-refractivity contribution >= 4 is 22.7 Å². The molecule has 4 aromatic rings. The average molecular weight is 405 g/mol. The van der Waals surface area contributed by atoms with Gasteiger partial charge in [-0.25, -0.2) is 19.3 Å². The molecule has 1 aliphatic rings. The molecule has 0 saturated carbocycles. The Morgan fingerprint density at radius 1 is 1.20 bits per heavy atom. The molecular weight excluding hydrogens is 385 g/mol. The van der Waals surface area contributed by atoms with Gasteiger partial charge in [0.25, 0.3) is 5.56 Å². The average Bonchev–Trinajstić information content (AvgIpc) is 3.04. The van der Waals surface area contributed by atoms with Gasteiger partial charge in [-0.1, -0.05) is 6.07 Å². The molecule has 0 spiro atoms. The van der Waals surface area contributed by atoms with E-state index in [2.05, 4.69) is 37.7 Å². The predicted molar refractivity (Wildman–Crippen MR) is 112 cm³/mol. The van der Waals surface area contributed by atoms with Gasteiger partial charge in [0.15, 0.2) is 5.65 Å². The number of halogens is 1. The summed E-state index contributed by atoms with van der Waals surface area (Å²) in [5.74, 6) is -0.256. The maximum absolute atomic E-state index is 13.7. The van der Waals surface area contributed by atoms with E-state index in [0.29, 0.717) is 29.2 Å². The van der Waals surface area contributed by atoms with E-state index in [-0.39, 0.29) is 5.56 Å². The summed E-state index contributed by atoms with van der Waals surface area (Å²) in [5.41, 5.74) is 4.12. The number of anilines is 2. The van der Waals surface area contributed by atoms with E-state index in [9.17, 15) is 9.18 Å². The summed E-state index contributed by atoms with van der Waals surface area (Å²) in [5, 5.41) is 6.96. The molecule has 1 aliphatic heterocycles. The number of fused-ring (bicyclic) bond motifs is 2. The summed E-state index contributed by atoms with van der Waals surface area (Å²) in [6.07, 6.45) is 3.84. The second kappa shape index (κ2) is 7.34. The van der Waals surface area contributed by atoms with Crippen LogP contribution in [0.3, 0.4) is 0 Å². The van der Waals surface area contributed by atoms with E-state index >= 15 is 0 Å². The number of nitrogens with one attached hydrogen (secondary N) is 2. The molecule has 0 atom stereocenters. The van der Waals surface area contributed by atoms with Crippen LogP contribution in [0.5, 0.6) is 0 Å². The quantitative estimate of drug-likeness (QED) is 0.507. The molecule has 8 nitrogen and oxygen atoms in total. The van der Waals surface area contributed by atoms with Crippen molar-refractivity contribution in [3.8, 4) is 5.69 Å². The van der Waals surface area contributed by atoms with Crippen molar-refractivity contribution in [1.82, 2.24) is 29.6 Å². The Morgan fingerprint density at radius 3 is 2.93 bits per heavy atom. The van der Waals surface area contributed by atoms with Gasteiger partial charge in [-0.15, -0.1) is 0 Å². The largest absolute Gasteiger partial charge is 0.324 e. The lowest BCUT2D eigenvalue weighted by atomic mass is 10.0. The van der Waals surface area contributed by atoms with Crippen LogP contribution in [-0.4, -0.2) is 30.9 Å². The molecule has 2 N–H and O–H groups in total. The zero-order valence-corrected chi connectivity index (χ0v) is 16.4. The molecule has 152 valence electrons. The minimum Gasteiger partial charge on any atom is -0.324 e. The molecule has 4 heterocycles. The van der Waals surface area contributed by atoms with Crippen LogP contribution in [0.25, 0.3) is 16.7 Å². The first kappa shape index (κ1) is 18.4. The van der Waals surface area contributed by atoms with E-state index in [1.54, 1.807) is 10.7 Å². The number of pyridine rings is 1. The van der Waals surface area contributed by atoms with Crippen molar-refractivity contribution in [3.05, 3.63) is 70.2 Å². The van der Waals surface area contributed by atoms with Gasteiger partial charge in [0.2, 0.25) is 11.9 Å². The van der Waals surface area contributed by atoms with Gasteiger partial charge in [-0.05, 0) is 49.2 Å². The molecule has 0 radical (unpaired) electrons. The van der Waals surface area contributed by atoms with E-state index in [4.69, 9.17) is 0 Å². The van der Waals surface area contributed by atoms with Crippen molar-refractivity contribution in [3.63, 3.8) is 0 Å². The smallest absolute Gasteiger partial charge is 0.278 e. The molecule has 30 heavy (non-hydrogen) atoms. The fraction of sp³-hybridized carbons (Fsp3) is 0.238. The van der Waals surface area contributed by atoms with Crippen LogP contribution in [0, 0.1) is 5.95 Å². The molecule has 0 amide bonds. The van der Waals surface area contributed by atoms with Crippen LogP contribution in [-0.2, 0) is 19.5 Å². The lowest BCUT2D eigenvalue weighted by Crippen LogP contribution is -2.23. The summed E-state index contributed by atoms with van der Waals surface area (Å²) >= 11 is 0. The highest BCUT2D eigenvalue weighted by Crippen LogP contribution is 2.22. The zero-order chi connectivity index (χ0) is 20.7. The van der Waals surface area contributed by atoms with Crippen molar-refractivity contribution < 1.29 is 4.39 Å². The Balaban J connectivity index is 1.60. The van der Waals surface area contributed by atoms with Gasteiger partial charge in [0.05, 0.1) is 5.69 Å². The van der Waals surface area contributed by atoms with Gasteiger partial charge < -0.3 is 10.6 Å². The lowest BCUT2D eigenvalue weighted by Gasteiger charge is -2.18. The maximum Gasteiger partial charge on any atom is 0.278 e. The third-order valence-corrected chi connectivity index (χ3v) is 5.28. The van der Waals surface area contributed by atoms with Crippen LogP contribution >= 0.6 is 0 Å². The van der Waals surface area contributed by atoms with E-state index in [1.807, 2.05) is 13.0 Å². The van der Waals surface area contributed by atoms with Crippen LogP contribution in [0.4, 0.5) is 16.0 Å². The Labute approximate surface area is 171 Å². The Hall–Kier alpha value is -3.59. The van der Waals surface area contributed by atoms with E-state index in [0.717, 1.165) is 25.2 Å². The number of hydrogen-bond acceptors (Lipinski definition) is 6. The summed E-state index contributed by atoms with van der Waals surface area (Å²) in [7, 11) is 0. The fourth-order valence-electron chi connectivity index (χ4n) is 3.84. The van der Waals surface area contributed by atoms with E-state index in [1.165, 1.54) is 34.3 Å². The SMILES string of the molecule is CCn1c(=O)c2cnc(Nc3ccc4c(c3)CCNC4)nc2n1-c1ccnc(F)c1. The monoisotopic (exact) mass is 405 g/mol. The molecular formula is C21H20FN7O. The summed E-state index contributed by atoms with van der Waals surface area (Å²) in [6, 6.07) is 9.10. The van der Waals surface area contributed by atoms with Gasteiger partial charge in [-0.3, -0.25) is 4.79 Å². The Kier molecular flexibility index (Phi) is 4.51. The molecule has 0 aliphatic carbocycles. The molecule has 3 aromatic heterocycles. The van der Waals surface area contributed by atoms with Gasteiger partial charge in [0, 0.05) is 37.2 Å². The number of benzene rings is 1. The molecule has 0 bridgehead atoms. The van der Waals surface area contributed by atoms with Gasteiger partial charge >= 0.3 is 0 Å². The lowest BCUT2D eigenvalue weighted by molar-refractivity contribution is 0.558. The van der Waals surface area contributed by atoms with Crippen molar-refractivity contribution in [1.29, 1.82) is 0 Å². The van der Waals surface area contributed by atoms with E-state index < -0.39 is 5.95 Å². The van der Waals surface area contributed by atoms with Crippen molar-refractivity contribution in [2.75, 3.05) is 11.9 Å². The maximum atomic E-state index is 13.7. The number of hydrogen-bond donors (Lipinski definition) is 2.